The van der Waals surface area contributed by atoms with Crippen LogP contribution < -0.4 is 0 Å². The molecule has 0 aliphatic heterocycles. The first-order chi connectivity index (χ1) is 11.8. The van der Waals surface area contributed by atoms with Gasteiger partial charge in [-0.2, -0.15) is 0 Å². The van der Waals surface area contributed by atoms with Gasteiger partial charge in [-0.3, -0.25) is 4.79 Å². The minimum atomic E-state index is -0.405. The zero-order valence-electron chi connectivity index (χ0n) is 14.7. The molecule has 136 valence electrons. The van der Waals surface area contributed by atoms with Gasteiger partial charge in [-0.15, -0.1) is 0 Å². The fourth-order valence-corrected chi connectivity index (χ4v) is 2.26. The normalized spacial score (nSPS) is 12.6. The molecule has 2 atom stereocenters. The zero-order valence-corrected chi connectivity index (χ0v) is 16.2. The lowest BCUT2D eigenvalue weighted by Crippen LogP contribution is -2.08. The first-order valence-electron chi connectivity index (χ1n) is 8.22. The predicted octanol–water partition coefficient (Wildman–Crippen LogP) is 6.14. The number of aliphatic hydroxyl groups excluding tert-OH is 1. The SMILES string of the molecule is CC(O)c1ccc(Cl)cc1.CCCC(=O)O[C@@H](C)c1ccc(Cl)cc1. The molecule has 0 aliphatic carbocycles. The zero-order chi connectivity index (χ0) is 18.8. The van der Waals surface area contributed by atoms with Crippen LogP contribution in [0.15, 0.2) is 48.5 Å². The Labute approximate surface area is 159 Å². The molecule has 2 aromatic carbocycles. The van der Waals surface area contributed by atoms with Crippen molar-refractivity contribution in [3.63, 3.8) is 0 Å². The lowest BCUT2D eigenvalue weighted by molar-refractivity contribution is -0.148. The fraction of sp³-hybridized carbons (Fsp3) is 0.350. The van der Waals surface area contributed by atoms with E-state index in [2.05, 4.69) is 0 Å². The van der Waals surface area contributed by atoms with Gasteiger partial charge in [0.05, 0.1) is 6.10 Å². The van der Waals surface area contributed by atoms with Gasteiger partial charge in [-0.25, -0.2) is 0 Å². The fourth-order valence-electron chi connectivity index (χ4n) is 2.00. The molecule has 0 aromatic heterocycles. The molecule has 2 aromatic rings. The van der Waals surface area contributed by atoms with E-state index in [0.717, 1.165) is 17.5 Å². The van der Waals surface area contributed by atoms with Crippen molar-refractivity contribution in [3.05, 3.63) is 69.7 Å². The number of carbonyl (C=O) groups excluding carboxylic acids is 1. The van der Waals surface area contributed by atoms with Crippen molar-refractivity contribution >= 4 is 29.2 Å². The van der Waals surface area contributed by atoms with Crippen molar-refractivity contribution in [2.24, 2.45) is 0 Å². The Hall–Kier alpha value is -1.55. The summed E-state index contributed by atoms with van der Waals surface area (Å²) in [5.74, 6) is -0.153. The molecular formula is C20H24Cl2O3. The quantitative estimate of drug-likeness (QED) is 0.631. The highest BCUT2D eigenvalue weighted by Gasteiger charge is 2.10. The Balaban J connectivity index is 0.000000271. The van der Waals surface area contributed by atoms with Crippen LogP contribution in [0.3, 0.4) is 0 Å². The largest absolute Gasteiger partial charge is 0.458 e. The Bertz CT molecular complexity index is 637. The molecule has 0 heterocycles. The topological polar surface area (TPSA) is 46.5 Å². The highest BCUT2D eigenvalue weighted by atomic mass is 35.5. The van der Waals surface area contributed by atoms with Gasteiger partial charge < -0.3 is 9.84 Å². The van der Waals surface area contributed by atoms with Gasteiger partial charge in [-0.05, 0) is 55.7 Å². The molecule has 2 rings (SSSR count). The molecule has 5 heteroatoms. The molecule has 0 bridgehead atoms. The predicted molar refractivity (Wildman–Crippen MR) is 103 cm³/mol. The Morgan fingerprint density at radius 2 is 1.40 bits per heavy atom. The molecule has 0 aliphatic rings. The molecule has 0 radical (unpaired) electrons. The molecule has 0 saturated heterocycles. The molecule has 0 spiro atoms. The van der Waals surface area contributed by atoms with E-state index < -0.39 is 6.10 Å². The summed E-state index contributed by atoms with van der Waals surface area (Å²) in [7, 11) is 0. The number of hydrogen-bond acceptors (Lipinski definition) is 3. The van der Waals surface area contributed by atoms with Gasteiger partial charge in [0.1, 0.15) is 6.10 Å². The van der Waals surface area contributed by atoms with Crippen LogP contribution in [0.1, 0.15) is 56.9 Å². The lowest BCUT2D eigenvalue weighted by atomic mass is 10.1. The van der Waals surface area contributed by atoms with Crippen LogP contribution in [0, 0.1) is 0 Å². The Morgan fingerprint density at radius 1 is 0.960 bits per heavy atom. The van der Waals surface area contributed by atoms with E-state index in [4.69, 9.17) is 33.0 Å². The van der Waals surface area contributed by atoms with Crippen LogP contribution in [0.4, 0.5) is 0 Å². The number of benzene rings is 2. The first kappa shape index (κ1) is 21.5. The van der Waals surface area contributed by atoms with E-state index in [1.54, 1.807) is 31.2 Å². The Morgan fingerprint density at radius 3 is 1.80 bits per heavy atom. The number of ether oxygens (including phenoxy) is 1. The third kappa shape index (κ3) is 8.39. The average molecular weight is 383 g/mol. The molecule has 0 saturated carbocycles. The van der Waals surface area contributed by atoms with Crippen molar-refractivity contribution in [1.82, 2.24) is 0 Å². The summed E-state index contributed by atoms with van der Waals surface area (Å²) in [5, 5.41) is 10.5. The highest BCUT2D eigenvalue weighted by molar-refractivity contribution is 6.30. The minimum Gasteiger partial charge on any atom is -0.458 e. The third-order valence-corrected chi connectivity index (χ3v) is 3.96. The van der Waals surface area contributed by atoms with Crippen molar-refractivity contribution in [2.75, 3.05) is 0 Å². The minimum absolute atomic E-state index is 0.153. The molecule has 1 N–H and O–H groups in total. The molecule has 3 nitrogen and oxygen atoms in total. The molecule has 0 fully saturated rings. The van der Waals surface area contributed by atoms with Gasteiger partial charge in [0, 0.05) is 16.5 Å². The number of rotatable bonds is 5. The summed E-state index contributed by atoms with van der Waals surface area (Å²) in [4.78, 5) is 11.2. The average Bonchev–Trinajstić information content (AvgIpc) is 2.56. The monoisotopic (exact) mass is 382 g/mol. The Kier molecular flexibility index (Phi) is 9.58. The molecule has 25 heavy (non-hydrogen) atoms. The van der Waals surface area contributed by atoms with Crippen molar-refractivity contribution in [2.45, 2.75) is 45.8 Å². The van der Waals surface area contributed by atoms with Crippen molar-refractivity contribution in [3.8, 4) is 0 Å². The summed E-state index contributed by atoms with van der Waals surface area (Å²) in [6, 6.07) is 14.5. The van der Waals surface area contributed by atoms with E-state index in [0.29, 0.717) is 16.5 Å². The van der Waals surface area contributed by atoms with Crippen LogP contribution in [0.25, 0.3) is 0 Å². The van der Waals surface area contributed by atoms with Crippen LogP contribution in [0.2, 0.25) is 10.0 Å². The molecule has 1 unspecified atom stereocenters. The maximum absolute atomic E-state index is 11.2. The summed E-state index contributed by atoms with van der Waals surface area (Å²) >= 11 is 11.4. The smallest absolute Gasteiger partial charge is 0.306 e. The summed E-state index contributed by atoms with van der Waals surface area (Å²) in [6.07, 6.45) is 0.669. The van der Waals surface area contributed by atoms with E-state index >= 15 is 0 Å². The van der Waals surface area contributed by atoms with Gasteiger partial charge in [-0.1, -0.05) is 54.4 Å². The van der Waals surface area contributed by atoms with Crippen LogP contribution >= 0.6 is 23.2 Å². The van der Waals surface area contributed by atoms with Crippen molar-refractivity contribution < 1.29 is 14.6 Å². The van der Waals surface area contributed by atoms with E-state index in [1.807, 2.05) is 38.1 Å². The van der Waals surface area contributed by atoms with Crippen LogP contribution in [-0.2, 0) is 9.53 Å². The van der Waals surface area contributed by atoms with E-state index in [1.165, 1.54) is 0 Å². The summed E-state index contributed by atoms with van der Waals surface area (Å²) < 4.78 is 5.23. The lowest BCUT2D eigenvalue weighted by Gasteiger charge is -2.13. The van der Waals surface area contributed by atoms with Gasteiger partial charge in [0.25, 0.3) is 0 Å². The van der Waals surface area contributed by atoms with E-state index in [-0.39, 0.29) is 12.1 Å². The summed E-state index contributed by atoms with van der Waals surface area (Å²) in [5.41, 5.74) is 1.85. The van der Waals surface area contributed by atoms with Crippen LogP contribution in [-0.4, -0.2) is 11.1 Å². The number of halogens is 2. The molecular weight excluding hydrogens is 359 g/mol. The second kappa shape index (κ2) is 11.1. The van der Waals surface area contributed by atoms with Crippen LogP contribution in [0.5, 0.6) is 0 Å². The number of aliphatic hydroxyl groups is 1. The number of esters is 1. The maximum Gasteiger partial charge on any atom is 0.306 e. The first-order valence-corrected chi connectivity index (χ1v) is 8.97. The standard InChI is InChI=1S/C12H15ClO2.C8H9ClO/c1-3-4-12(14)15-9(2)10-5-7-11(13)8-6-10;1-6(10)7-2-4-8(9)5-3-7/h5-9H,3-4H2,1-2H3;2-6,10H,1H3/t9-;/m0./s1. The summed E-state index contributed by atoms with van der Waals surface area (Å²) in [6.45, 7) is 5.54. The molecule has 0 amide bonds. The highest BCUT2D eigenvalue weighted by Crippen LogP contribution is 2.19. The van der Waals surface area contributed by atoms with Gasteiger partial charge in [0.2, 0.25) is 0 Å². The van der Waals surface area contributed by atoms with Gasteiger partial charge in [0.15, 0.2) is 0 Å². The third-order valence-electron chi connectivity index (χ3n) is 3.45. The van der Waals surface area contributed by atoms with E-state index in [9.17, 15) is 4.79 Å². The maximum atomic E-state index is 11.2. The number of hydrogen-bond donors (Lipinski definition) is 1. The second-order valence-electron chi connectivity index (χ2n) is 5.66. The van der Waals surface area contributed by atoms with Gasteiger partial charge >= 0.3 is 5.97 Å². The number of carbonyl (C=O) groups is 1. The van der Waals surface area contributed by atoms with Crippen molar-refractivity contribution in [1.29, 1.82) is 0 Å². The second-order valence-corrected chi connectivity index (χ2v) is 6.53.